The van der Waals surface area contributed by atoms with Crippen molar-refractivity contribution in [2.24, 2.45) is 0 Å². The number of para-hydroxylation sites is 1. The summed E-state index contributed by atoms with van der Waals surface area (Å²) in [6.07, 6.45) is 1.16. The van der Waals surface area contributed by atoms with Gasteiger partial charge in [-0.05, 0) is 24.3 Å². The molecule has 0 spiro atoms. The molecule has 2 aromatic carbocycles. The van der Waals surface area contributed by atoms with Crippen molar-refractivity contribution in [3.63, 3.8) is 0 Å². The summed E-state index contributed by atoms with van der Waals surface area (Å²) in [5.74, 6) is -2.50. The lowest BCUT2D eigenvalue weighted by Gasteiger charge is -2.36. The first kappa shape index (κ1) is 20.4. The lowest BCUT2D eigenvalue weighted by molar-refractivity contribution is -0.383. The Hall–Kier alpha value is -3.89. The molecule has 11 heteroatoms. The molecule has 1 aliphatic rings. The number of piperazine rings is 1. The molecule has 0 amide bonds. The minimum Gasteiger partial charge on any atom is -0.366 e. The van der Waals surface area contributed by atoms with E-state index in [1.165, 1.54) is 12.1 Å². The number of nitrogens with one attached hydrogen (secondary N) is 1. The second kappa shape index (κ2) is 8.46. The highest BCUT2D eigenvalue weighted by Crippen LogP contribution is 2.34. The Kier molecular flexibility index (Phi) is 5.56. The zero-order valence-electron chi connectivity index (χ0n) is 16.1. The molecule has 0 saturated carbocycles. The van der Waals surface area contributed by atoms with Gasteiger partial charge in [0.15, 0.2) is 11.6 Å². The number of hydrogen-bond acceptors (Lipinski definition) is 7. The summed E-state index contributed by atoms with van der Waals surface area (Å²) >= 11 is 0. The molecule has 4 rings (SSSR count). The Morgan fingerprint density at radius 1 is 0.903 bits per heavy atom. The maximum atomic E-state index is 14.1. The predicted molar refractivity (Wildman–Crippen MR) is 109 cm³/mol. The van der Waals surface area contributed by atoms with Gasteiger partial charge < -0.3 is 15.1 Å². The van der Waals surface area contributed by atoms with Crippen LogP contribution in [0.5, 0.6) is 0 Å². The minimum absolute atomic E-state index is 0.0956. The van der Waals surface area contributed by atoms with Crippen LogP contribution in [-0.4, -0.2) is 41.1 Å². The SMILES string of the molecule is O=[N+]([O-])c1c(Nc2ccc(F)c(F)c2)ncnc1N1CCN(c2ccccc2F)CC1. The second-order valence-electron chi connectivity index (χ2n) is 6.83. The fraction of sp³-hybridized carbons (Fsp3) is 0.200. The van der Waals surface area contributed by atoms with E-state index < -0.39 is 16.6 Å². The summed E-state index contributed by atoms with van der Waals surface area (Å²) in [5, 5.41) is 14.4. The molecule has 1 aliphatic heterocycles. The van der Waals surface area contributed by atoms with Crippen molar-refractivity contribution in [3.05, 3.63) is 76.4 Å². The predicted octanol–water partition coefficient (Wildman–Crippen LogP) is 3.87. The number of rotatable bonds is 5. The average molecular weight is 430 g/mol. The number of hydrogen-bond donors (Lipinski definition) is 1. The number of nitro groups is 1. The van der Waals surface area contributed by atoms with Gasteiger partial charge >= 0.3 is 5.69 Å². The zero-order chi connectivity index (χ0) is 22.0. The van der Waals surface area contributed by atoms with E-state index in [9.17, 15) is 23.3 Å². The molecule has 1 fully saturated rings. The van der Waals surface area contributed by atoms with E-state index in [1.54, 1.807) is 23.1 Å². The molecule has 3 aromatic rings. The van der Waals surface area contributed by atoms with Gasteiger partial charge in [0, 0.05) is 37.9 Å². The van der Waals surface area contributed by atoms with Gasteiger partial charge in [-0.1, -0.05) is 12.1 Å². The smallest absolute Gasteiger partial charge is 0.353 e. The third-order valence-electron chi connectivity index (χ3n) is 4.94. The molecule has 1 aromatic heterocycles. The molecular weight excluding hydrogens is 413 g/mol. The highest BCUT2D eigenvalue weighted by Gasteiger charge is 2.30. The molecule has 2 heterocycles. The number of aromatic nitrogens is 2. The third kappa shape index (κ3) is 4.20. The van der Waals surface area contributed by atoms with Gasteiger partial charge in [-0.15, -0.1) is 0 Å². The minimum atomic E-state index is -1.09. The topological polar surface area (TPSA) is 87.4 Å². The fourth-order valence-corrected chi connectivity index (χ4v) is 3.44. The Bertz CT molecular complexity index is 1120. The van der Waals surface area contributed by atoms with E-state index in [1.807, 2.05) is 4.90 Å². The van der Waals surface area contributed by atoms with E-state index in [4.69, 9.17) is 0 Å². The second-order valence-corrected chi connectivity index (χ2v) is 6.83. The van der Waals surface area contributed by atoms with Crippen LogP contribution in [0.1, 0.15) is 0 Å². The van der Waals surface area contributed by atoms with E-state index in [0.717, 1.165) is 18.5 Å². The molecule has 0 radical (unpaired) electrons. The van der Waals surface area contributed by atoms with Crippen LogP contribution in [-0.2, 0) is 0 Å². The molecule has 0 bridgehead atoms. The maximum Gasteiger partial charge on any atom is 0.353 e. The lowest BCUT2D eigenvalue weighted by Crippen LogP contribution is -2.47. The van der Waals surface area contributed by atoms with Gasteiger partial charge in [0.05, 0.1) is 10.6 Å². The highest BCUT2D eigenvalue weighted by molar-refractivity contribution is 5.74. The van der Waals surface area contributed by atoms with Crippen LogP contribution in [0.25, 0.3) is 0 Å². The number of nitrogens with zero attached hydrogens (tertiary/aromatic N) is 5. The summed E-state index contributed by atoms with van der Waals surface area (Å²) in [5.41, 5.74) is 0.197. The van der Waals surface area contributed by atoms with Crippen molar-refractivity contribution in [2.75, 3.05) is 41.3 Å². The largest absolute Gasteiger partial charge is 0.366 e. The first-order valence-corrected chi connectivity index (χ1v) is 9.40. The molecule has 0 atom stereocenters. The molecule has 0 unspecified atom stereocenters. The molecule has 160 valence electrons. The first-order valence-electron chi connectivity index (χ1n) is 9.40. The number of benzene rings is 2. The van der Waals surface area contributed by atoms with Gasteiger partial charge in [0.2, 0.25) is 11.6 Å². The van der Waals surface area contributed by atoms with Crippen molar-refractivity contribution in [1.29, 1.82) is 0 Å². The van der Waals surface area contributed by atoms with Gasteiger partial charge in [0.1, 0.15) is 12.1 Å². The Morgan fingerprint density at radius 3 is 2.29 bits per heavy atom. The summed E-state index contributed by atoms with van der Waals surface area (Å²) < 4.78 is 40.7. The zero-order valence-corrected chi connectivity index (χ0v) is 16.1. The standard InChI is InChI=1S/C20H17F3N6O2/c21-14-6-5-13(11-16(14)23)26-19-18(29(30)31)20(25-12-24-19)28-9-7-27(8-10-28)17-4-2-1-3-15(17)22/h1-6,11-12H,7-10H2,(H,24,25,26). The third-order valence-corrected chi connectivity index (χ3v) is 4.94. The van der Waals surface area contributed by atoms with Crippen LogP contribution < -0.4 is 15.1 Å². The Balaban J connectivity index is 1.58. The summed E-state index contributed by atoms with van der Waals surface area (Å²) in [7, 11) is 0. The van der Waals surface area contributed by atoms with Gasteiger partial charge in [-0.2, -0.15) is 0 Å². The normalized spacial score (nSPS) is 13.9. The van der Waals surface area contributed by atoms with Crippen LogP contribution in [0.2, 0.25) is 0 Å². The maximum absolute atomic E-state index is 14.1. The number of anilines is 4. The molecular formula is C20H17F3N6O2. The van der Waals surface area contributed by atoms with Crippen molar-refractivity contribution < 1.29 is 18.1 Å². The molecule has 1 saturated heterocycles. The van der Waals surface area contributed by atoms with Gasteiger partial charge in [0.25, 0.3) is 0 Å². The fourth-order valence-electron chi connectivity index (χ4n) is 3.44. The highest BCUT2D eigenvalue weighted by atomic mass is 19.2. The summed E-state index contributed by atoms with van der Waals surface area (Å²) in [4.78, 5) is 22.7. The number of halogens is 3. The quantitative estimate of drug-likeness (QED) is 0.486. The van der Waals surface area contributed by atoms with E-state index in [-0.39, 0.29) is 28.8 Å². The summed E-state index contributed by atoms with van der Waals surface area (Å²) in [6, 6.07) is 9.46. The van der Waals surface area contributed by atoms with Gasteiger partial charge in [-0.25, -0.2) is 23.1 Å². The van der Waals surface area contributed by atoms with Crippen molar-refractivity contribution in [2.45, 2.75) is 0 Å². The van der Waals surface area contributed by atoms with Crippen molar-refractivity contribution in [1.82, 2.24) is 9.97 Å². The Morgan fingerprint density at radius 2 is 1.61 bits per heavy atom. The molecule has 8 nitrogen and oxygen atoms in total. The monoisotopic (exact) mass is 430 g/mol. The van der Waals surface area contributed by atoms with Crippen LogP contribution in [0.3, 0.4) is 0 Å². The molecule has 31 heavy (non-hydrogen) atoms. The van der Waals surface area contributed by atoms with E-state index >= 15 is 0 Å². The summed E-state index contributed by atoms with van der Waals surface area (Å²) in [6.45, 7) is 1.62. The average Bonchev–Trinajstić information content (AvgIpc) is 2.76. The van der Waals surface area contributed by atoms with Crippen LogP contribution >= 0.6 is 0 Å². The van der Waals surface area contributed by atoms with E-state index in [0.29, 0.717) is 31.9 Å². The molecule has 0 aliphatic carbocycles. The van der Waals surface area contributed by atoms with Crippen molar-refractivity contribution >= 4 is 28.7 Å². The van der Waals surface area contributed by atoms with Crippen LogP contribution in [0, 0.1) is 27.6 Å². The lowest BCUT2D eigenvalue weighted by atomic mass is 10.2. The molecule has 1 N–H and O–H groups in total. The van der Waals surface area contributed by atoms with Crippen LogP contribution in [0.15, 0.2) is 48.8 Å². The van der Waals surface area contributed by atoms with E-state index in [2.05, 4.69) is 15.3 Å². The van der Waals surface area contributed by atoms with Gasteiger partial charge in [-0.3, -0.25) is 10.1 Å². The van der Waals surface area contributed by atoms with Crippen LogP contribution in [0.4, 0.5) is 41.9 Å². The first-order chi connectivity index (χ1) is 14.9. The van der Waals surface area contributed by atoms with Crippen molar-refractivity contribution in [3.8, 4) is 0 Å². The Labute approximate surface area is 175 Å².